The summed E-state index contributed by atoms with van der Waals surface area (Å²) in [7, 11) is 0. The molecule has 3 aromatic rings. The zero-order valence-corrected chi connectivity index (χ0v) is 16.6. The zero-order chi connectivity index (χ0) is 18.8. The molecule has 1 N–H and O–H groups in total. The molecule has 0 saturated carbocycles. The summed E-state index contributed by atoms with van der Waals surface area (Å²) in [5.41, 5.74) is 3.90. The van der Waals surface area contributed by atoms with Crippen LogP contribution in [-0.4, -0.2) is 40.6 Å². The predicted molar refractivity (Wildman–Crippen MR) is 115 cm³/mol. The topological polar surface area (TPSA) is 33.1 Å². The van der Waals surface area contributed by atoms with Crippen LogP contribution >= 0.6 is 0 Å². The van der Waals surface area contributed by atoms with E-state index in [1.54, 1.807) is 0 Å². The lowest BCUT2D eigenvalue weighted by Gasteiger charge is -2.35. The number of hydrogen-bond donors (Lipinski definition) is 1. The normalized spacial score (nSPS) is 21.9. The van der Waals surface area contributed by atoms with Gasteiger partial charge in [0.05, 0.1) is 11.0 Å². The van der Waals surface area contributed by atoms with Gasteiger partial charge in [-0.25, -0.2) is 4.98 Å². The van der Waals surface area contributed by atoms with Gasteiger partial charge in [0.15, 0.2) is 0 Å². The van der Waals surface area contributed by atoms with Crippen LogP contribution in [0.15, 0.2) is 54.6 Å². The summed E-state index contributed by atoms with van der Waals surface area (Å²) in [6.07, 6.45) is 4.92. The zero-order valence-electron chi connectivity index (χ0n) is 16.6. The first-order valence-corrected chi connectivity index (χ1v) is 10.8. The molecule has 0 spiro atoms. The first-order valence-electron chi connectivity index (χ1n) is 10.8. The Morgan fingerprint density at radius 2 is 1.71 bits per heavy atom. The third-order valence-corrected chi connectivity index (χ3v) is 6.46. The Bertz CT molecular complexity index is 903. The lowest BCUT2D eigenvalue weighted by Crippen LogP contribution is -2.36. The van der Waals surface area contributed by atoms with Crippen LogP contribution in [0.4, 0.5) is 0 Å². The van der Waals surface area contributed by atoms with E-state index in [9.17, 15) is 0 Å². The van der Waals surface area contributed by atoms with Crippen molar-refractivity contribution in [3.05, 3.63) is 66.0 Å². The maximum atomic E-state index is 5.11. The molecule has 1 unspecified atom stereocenters. The van der Waals surface area contributed by atoms with Gasteiger partial charge in [-0.15, -0.1) is 0 Å². The van der Waals surface area contributed by atoms with E-state index in [-0.39, 0.29) is 0 Å². The Hall–Kier alpha value is -2.17. The number of likely N-dealkylation sites (tertiary alicyclic amines) is 1. The van der Waals surface area contributed by atoms with Crippen molar-refractivity contribution < 1.29 is 0 Å². The van der Waals surface area contributed by atoms with Crippen LogP contribution < -0.4 is 5.32 Å². The third kappa shape index (κ3) is 3.59. The lowest BCUT2D eigenvalue weighted by molar-refractivity contribution is 0.178. The molecule has 4 heteroatoms. The summed E-state index contributed by atoms with van der Waals surface area (Å²) in [4.78, 5) is 7.71. The van der Waals surface area contributed by atoms with Crippen LogP contribution in [0.2, 0.25) is 0 Å². The van der Waals surface area contributed by atoms with E-state index in [0.717, 1.165) is 38.2 Å². The van der Waals surface area contributed by atoms with Crippen molar-refractivity contribution in [3.8, 4) is 0 Å². The molecule has 3 heterocycles. The molecule has 1 aromatic heterocycles. The van der Waals surface area contributed by atoms with Crippen molar-refractivity contribution in [1.29, 1.82) is 0 Å². The van der Waals surface area contributed by atoms with Crippen LogP contribution in [0, 0.1) is 0 Å². The van der Waals surface area contributed by atoms with Gasteiger partial charge in [-0.05, 0) is 49.9 Å². The third-order valence-electron chi connectivity index (χ3n) is 6.46. The van der Waals surface area contributed by atoms with Gasteiger partial charge in [0, 0.05) is 38.1 Å². The molecule has 2 fully saturated rings. The average Bonchev–Trinajstić information content (AvgIpc) is 3.15. The van der Waals surface area contributed by atoms with Crippen molar-refractivity contribution >= 4 is 11.0 Å². The Kier molecular flexibility index (Phi) is 5.15. The second-order valence-corrected chi connectivity index (χ2v) is 8.36. The van der Waals surface area contributed by atoms with Gasteiger partial charge in [0.1, 0.15) is 5.82 Å². The number of benzene rings is 2. The van der Waals surface area contributed by atoms with Crippen molar-refractivity contribution in [3.63, 3.8) is 0 Å². The van der Waals surface area contributed by atoms with Gasteiger partial charge in [-0.1, -0.05) is 42.5 Å². The minimum atomic E-state index is 0.545. The van der Waals surface area contributed by atoms with Crippen LogP contribution in [0.3, 0.4) is 0 Å². The first kappa shape index (κ1) is 17.9. The highest BCUT2D eigenvalue weighted by molar-refractivity contribution is 5.76. The summed E-state index contributed by atoms with van der Waals surface area (Å²) in [5.74, 6) is 1.86. The van der Waals surface area contributed by atoms with E-state index in [1.165, 1.54) is 42.6 Å². The maximum Gasteiger partial charge on any atom is 0.114 e. The smallest absolute Gasteiger partial charge is 0.114 e. The highest BCUT2D eigenvalue weighted by atomic mass is 15.2. The summed E-state index contributed by atoms with van der Waals surface area (Å²) in [6.45, 7) is 5.60. The fraction of sp³-hybridized carbons (Fsp3) is 0.458. The number of piperidine rings is 2. The standard InChI is InChI=1S/C24H30N4/c1-2-7-19(8-3-1)18-27-15-12-21(13-16-27)28-23-11-5-4-10-22(23)26-24(28)20-9-6-14-25-17-20/h1-5,7-8,10-11,20-21,25H,6,9,12-18H2. The fourth-order valence-electron chi connectivity index (χ4n) is 4.98. The molecule has 0 aliphatic carbocycles. The fourth-order valence-corrected chi connectivity index (χ4v) is 4.98. The Labute approximate surface area is 167 Å². The lowest BCUT2D eigenvalue weighted by atomic mass is 9.97. The molecule has 28 heavy (non-hydrogen) atoms. The Morgan fingerprint density at radius 3 is 2.50 bits per heavy atom. The Morgan fingerprint density at radius 1 is 0.929 bits per heavy atom. The monoisotopic (exact) mass is 374 g/mol. The molecule has 2 saturated heterocycles. The summed E-state index contributed by atoms with van der Waals surface area (Å²) in [6, 6.07) is 20.1. The molecule has 2 aliphatic rings. The molecule has 2 aromatic carbocycles. The highest BCUT2D eigenvalue weighted by Gasteiger charge is 2.28. The number of imidazole rings is 1. The highest BCUT2D eigenvalue weighted by Crippen LogP contribution is 2.34. The Balaban J connectivity index is 1.37. The van der Waals surface area contributed by atoms with Crippen molar-refractivity contribution in [1.82, 2.24) is 19.8 Å². The van der Waals surface area contributed by atoms with E-state index in [1.807, 2.05) is 0 Å². The number of nitrogens with one attached hydrogen (secondary N) is 1. The van der Waals surface area contributed by atoms with Crippen molar-refractivity contribution in [2.24, 2.45) is 0 Å². The van der Waals surface area contributed by atoms with E-state index in [0.29, 0.717) is 12.0 Å². The number of fused-ring (bicyclic) bond motifs is 1. The SMILES string of the molecule is c1ccc(CN2CCC(n3c(C4CCCNC4)nc4ccccc43)CC2)cc1. The van der Waals surface area contributed by atoms with Gasteiger partial charge < -0.3 is 9.88 Å². The van der Waals surface area contributed by atoms with Crippen LogP contribution in [0.25, 0.3) is 11.0 Å². The molecule has 0 amide bonds. The number of rotatable bonds is 4. The minimum absolute atomic E-state index is 0.545. The van der Waals surface area contributed by atoms with Gasteiger partial charge in [0.2, 0.25) is 0 Å². The average molecular weight is 375 g/mol. The van der Waals surface area contributed by atoms with Crippen LogP contribution in [-0.2, 0) is 6.54 Å². The predicted octanol–water partition coefficient (Wildman–Crippen LogP) is 4.34. The number of para-hydroxylation sites is 2. The summed E-state index contributed by atoms with van der Waals surface area (Å²) >= 11 is 0. The van der Waals surface area contributed by atoms with E-state index >= 15 is 0 Å². The van der Waals surface area contributed by atoms with Gasteiger partial charge >= 0.3 is 0 Å². The summed E-state index contributed by atoms with van der Waals surface area (Å²) in [5, 5.41) is 3.58. The van der Waals surface area contributed by atoms with E-state index in [2.05, 4.69) is 69.4 Å². The molecular weight excluding hydrogens is 344 g/mol. The molecular formula is C24H30N4. The molecule has 146 valence electrons. The second kappa shape index (κ2) is 8.06. The quantitative estimate of drug-likeness (QED) is 0.737. The van der Waals surface area contributed by atoms with Gasteiger partial charge in [-0.3, -0.25) is 4.90 Å². The maximum absolute atomic E-state index is 5.11. The van der Waals surface area contributed by atoms with Crippen LogP contribution in [0.5, 0.6) is 0 Å². The van der Waals surface area contributed by atoms with Crippen molar-refractivity contribution in [2.45, 2.75) is 44.2 Å². The molecule has 0 bridgehead atoms. The van der Waals surface area contributed by atoms with Crippen molar-refractivity contribution in [2.75, 3.05) is 26.2 Å². The van der Waals surface area contributed by atoms with E-state index < -0.39 is 0 Å². The van der Waals surface area contributed by atoms with Crippen LogP contribution in [0.1, 0.15) is 49.0 Å². The number of hydrogen-bond acceptors (Lipinski definition) is 3. The molecule has 4 nitrogen and oxygen atoms in total. The second-order valence-electron chi connectivity index (χ2n) is 8.36. The van der Waals surface area contributed by atoms with Gasteiger partial charge in [-0.2, -0.15) is 0 Å². The summed E-state index contributed by atoms with van der Waals surface area (Å²) < 4.78 is 2.60. The van der Waals surface area contributed by atoms with E-state index in [4.69, 9.17) is 4.98 Å². The van der Waals surface area contributed by atoms with Gasteiger partial charge in [0.25, 0.3) is 0 Å². The first-order chi connectivity index (χ1) is 13.9. The molecule has 2 aliphatic heterocycles. The number of aromatic nitrogens is 2. The molecule has 0 radical (unpaired) electrons. The molecule has 1 atom stereocenters. The number of nitrogens with zero attached hydrogens (tertiary/aromatic N) is 3. The molecule has 5 rings (SSSR count). The minimum Gasteiger partial charge on any atom is -0.324 e. The largest absolute Gasteiger partial charge is 0.324 e.